The number of nitrogens with zero attached hydrogens (tertiary/aromatic N) is 2. The molecule has 0 bridgehead atoms. The minimum atomic E-state index is -0.498. The van der Waals surface area contributed by atoms with Gasteiger partial charge in [-0.05, 0) is 49.2 Å². The number of likely N-dealkylation sites (tertiary alicyclic amines) is 1. The third-order valence-corrected chi connectivity index (χ3v) is 5.65. The molecule has 1 saturated heterocycles. The summed E-state index contributed by atoms with van der Waals surface area (Å²) in [5, 5.41) is 3.41. The highest BCUT2D eigenvalue weighted by atomic mass is 16.2. The number of para-hydroxylation sites is 1. The molecule has 0 atom stereocenters. The Morgan fingerprint density at radius 2 is 1.67 bits per heavy atom. The van der Waals surface area contributed by atoms with E-state index >= 15 is 0 Å². The van der Waals surface area contributed by atoms with E-state index in [1.54, 1.807) is 24.3 Å². The van der Waals surface area contributed by atoms with Crippen molar-refractivity contribution in [1.82, 2.24) is 19.8 Å². The average Bonchev–Trinajstić information content (AvgIpc) is 3.26. The van der Waals surface area contributed by atoms with Crippen molar-refractivity contribution in [2.45, 2.75) is 38.9 Å². The second-order valence-electron chi connectivity index (χ2n) is 7.71. The number of amides is 1. The summed E-state index contributed by atoms with van der Waals surface area (Å²) in [6.45, 7) is 3.83. The first-order valence-corrected chi connectivity index (χ1v) is 10.4. The van der Waals surface area contributed by atoms with Crippen LogP contribution in [0.25, 0.3) is 10.9 Å². The molecule has 0 saturated carbocycles. The van der Waals surface area contributed by atoms with E-state index in [-0.39, 0.29) is 18.9 Å². The summed E-state index contributed by atoms with van der Waals surface area (Å²) < 4.78 is 1.44. The van der Waals surface area contributed by atoms with E-state index in [0.717, 1.165) is 25.2 Å². The highest BCUT2D eigenvalue weighted by Gasteiger charge is 2.14. The van der Waals surface area contributed by atoms with Gasteiger partial charge in [0, 0.05) is 26.1 Å². The Balaban J connectivity index is 1.39. The average molecular weight is 406 g/mol. The number of aryl methyl sites for hydroxylation is 1. The number of carbonyl (C=O) groups is 1. The number of rotatable bonds is 7. The molecule has 2 aromatic carbocycles. The van der Waals surface area contributed by atoms with Gasteiger partial charge in [-0.3, -0.25) is 24.0 Å². The minimum absolute atomic E-state index is 0.131. The molecule has 7 heteroatoms. The topological polar surface area (TPSA) is 87.2 Å². The molecule has 1 aliphatic heterocycles. The first-order chi connectivity index (χ1) is 14.6. The molecule has 0 unspecified atom stereocenters. The van der Waals surface area contributed by atoms with Crippen LogP contribution in [0.1, 0.15) is 30.4 Å². The number of aromatic nitrogens is 2. The summed E-state index contributed by atoms with van der Waals surface area (Å²) in [7, 11) is 0. The SMILES string of the molecule is O=C(CCn1c(=O)[nH]c(=O)c2ccccc21)NCc1ccccc1CN1CCCC1. The number of nitrogens with one attached hydrogen (secondary N) is 2. The van der Waals surface area contributed by atoms with Crippen LogP contribution in [0.15, 0.2) is 58.1 Å². The van der Waals surface area contributed by atoms with Crippen LogP contribution in [0.3, 0.4) is 0 Å². The van der Waals surface area contributed by atoms with E-state index in [1.807, 2.05) is 18.2 Å². The zero-order valence-corrected chi connectivity index (χ0v) is 16.9. The normalized spacial score (nSPS) is 14.3. The van der Waals surface area contributed by atoms with Crippen molar-refractivity contribution in [2.24, 2.45) is 0 Å². The maximum absolute atomic E-state index is 12.5. The zero-order chi connectivity index (χ0) is 20.9. The van der Waals surface area contributed by atoms with Crippen LogP contribution in [0, 0.1) is 0 Å². The van der Waals surface area contributed by atoms with Crippen molar-refractivity contribution in [2.75, 3.05) is 13.1 Å². The highest BCUT2D eigenvalue weighted by molar-refractivity contribution is 5.78. The molecule has 1 amide bonds. The highest BCUT2D eigenvalue weighted by Crippen LogP contribution is 2.16. The second kappa shape index (κ2) is 9.09. The lowest BCUT2D eigenvalue weighted by Crippen LogP contribution is -2.32. The number of hydrogen-bond acceptors (Lipinski definition) is 4. The molecule has 1 aromatic heterocycles. The number of hydrogen-bond donors (Lipinski definition) is 2. The Bertz CT molecular complexity index is 1160. The molecule has 4 rings (SSSR count). The third-order valence-electron chi connectivity index (χ3n) is 5.65. The van der Waals surface area contributed by atoms with E-state index in [4.69, 9.17) is 0 Å². The fourth-order valence-corrected chi connectivity index (χ4v) is 4.03. The molecule has 156 valence electrons. The molecule has 2 heterocycles. The van der Waals surface area contributed by atoms with Crippen molar-refractivity contribution in [3.63, 3.8) is 0 Å². The summed E-state index contributed by atoms with van der Waals surface area (Å²) in [4.78, 5) is 41.4. The summed E-state index contributed by atoms with van der Waals surface area (Å²) in [6.07, 6.45) is 2.65. The quantitative estimate of drug-likeness (QED) is 0.628. The summed E-state index contributed by atoms with van der Waals surface area (Å²) in [5.74, 6) is -0.131. The molecule has 7 nitrogen and oxygen atoms in total. The largest absolute Gasteiger partial charge is 0.352 e. The van der Waals surface area contributed by atoms with Crippen molar-refractivity contribution in [1.29, 1.82) is 0 Å². The van der Waals surface area contributed by atoms with Gasteiger partial charge in [-0.2, -0.15) is 0 Å². The first kappa shape index (κ1) is 20.1. The lowest BCUT2D eigenvalue weighted by molar-refractivity contribution is -0.121. The van der Waals surface area contributed by atoms with Gasteiger partial charge in [0.15, 0.2) is 0 Å². The zero-order valence-electron chi connectivity index (χ0n) is 16.9. The molecule has 30 heavy (non-hydrogen) atoms. The van der Waals surface area contributed by atoms with Crippen LogP contribution in [0.5, 0.6) is 0 Å². The molecule has 1 aliphatic rings. The van der Waals surface area contributed by atoms with Crippen LogP contribution in [-0.2, 0) is 24.4 Å². The summed E-state index contributed by atoms with van der Waals surface area (Å²) in [5.41, 5.74) is 1.98. The Labute approximate surface area is 174 Å². The Morgan fingerprint density at radius 3 is 2.47 bits per heavy atom. The smallest absolute Gasteiger partial charge is 0.328 e. The molecule has 1 fully saturated rings. The van der Waals surface area contributed by atoms with Crippen molar-refractivity contribution in [3.8, 4) is 0 Å². The van der Waals surface area contributed by atoms with Crippen molar-refractivity contribution < 1.29 is 4.79 Å². The van der Waals surface area contributed by atoms with E-state index < -0.39 is 11.2 Å². The second-order valence-corrected chi connectivity index (χ2v) is 7.71. The molecular weight excluding hydrogens is 380 g/mol. The van der Waals surface area contributed by atoms with Gasteiger partial charge in [-0.15, -0.1) is 0 Å². The van der Waals surface area contributed by atoms with Gasteiger partial charge in [0.25, 0.3) is 5.56 Å². The third kappa shape index (κ3) is 4.52. The Morgan fingerprint density at radius 1 is 0.967 bits per heavy atom. The maximum atomic E-state index is 12.5. The minimum Gasteiger partial charge on any atom is -0.352 e. The van der Waals surface area contributed by atoms with Gasteiger partial charge in [0.2, 0.25) is 5.91 Å². The molecule has 0 radical (unpaired) electrons. The van der Waals surface area contributed by atoms with Crippen LogP contribution >= 0.6 is 0 Å². The number of benzene rings is 2. The van der Waals surface area contributed by atoms with Gasteiger partial charge in [-0.1, -0.05) is 36.4 Å². The lowest BCUT2D eigenvalue weighted by Gasteiger charge is -2.18. The Kier molecular flexibility index (Phi) is 6.09. The Hall–Kier alpha value is -3.19. The predicted molar refractivity (Wildman–Crippen MR) is 116 cm³/mol. The van der Waals surface area contributed by atoms with Crippen LogP contribution in [0.4, 0.5) is 0 Å². The van der Waals surface area contributed by atoms with Gasteiger partial charge in [0.1, 0.15) is 0 Å². The number of H-pyrrole nitrogens is 1. The fraction of sp³-hybridized carbons (Fsp3) is 0.348. The standard InChI is InChI=1S/C23H26N4O3/c28-21(11-14-27-20-10-4-3-9-19(20)22(29)25-23(27)30)24-15-17-7-1-2-8-18(17)16-26-12-5-6-13-26/h1-4,7-10H,5-6,11-16H2,(H,24,28)(H,25,29,30). The van der Waals surface area contributed by atoms with Crippen LogP contribution in [0.2, 0.25) is 0 Å². The van der Waals surface area contributed by atoms with Crippen molar-refractivity contribution in [3.05, 3.63) is 80.5 Å². The van der Waals surface area contributed by atoms with E-state index in [9.17, 15) is 14.4 Å². The van der Waals surface area contributed by atoms with Gasteiger partial charge < -0.3 is 5.32 Å². The summed E-state index contributed by atoms with van der Waals surface area (Å²) in [6, 6.07) is 15.1. The van der Waals surface area contributed by atoms with Gasteiger partial charge in [0.05, 0.1) is 10.9 Å². The number of carbonyl (C=O) groups excluding carboxylic acids is 1. The number of aromatic amines is 1. The van der Waals surface area contributed by atoms with Crippen molar-refractivity contribution >= 4 is 16.8 Å². The molecule has 2 N–H and O–H groups in total. The lowest BCUT2D eigenvalue weighted by atomic mass is 10.1. The fourth-order valence-electron chi connectivity index (χ4n) is 4.03. The molecular formula is C23H26N4O3. The van der Waals surface area contributed by atoms with E-state index in [2.05, 4.69) is 21.3 Å². The van der Waals surface area contributed by atoms with E-state index in [0.29, 0.717) is 17.4 Å². The number of fused-ring (bicyclic) bond motifs is 1. The first-order valence-electron chi connectivity index (χ1n) is 10.4. The maximum Gasteiger partial charge on any atom is 0.328 e. The van der Waals surface area contributed by atoms with Gasteiger partial charge in [-0.25, -0.2) is 4.79 Å². The molecule has 0 aliphatic carbocycles. The van der Waals surface area contributed by atoms with E-state index in [1.165, 1.54) is 23.0 Å². The van der Waals surface area contributed by atoms with Crippen LogP contribution < -0.4 is 16.6 Å². The predicted octanol–water partition coefficient (Wildman–Crippen LogP) is 1.99. The van der Waals surface area contributed by atoms with Gasteiger partial charge >= 0.3 is 5.69 Å². The van der Waals surface area contributed by atoms with Crippen LogP contribution in [-0.4, -0.2) is 33.4 Å². The monoisotopic (exact) mass is 406 g/mol. The summed E-state index contributed by atoms with van der Waals surface area (Å²) >= 11 is 0. The molecule has 3 aromatic rings. The molecule has 0 spiro atoms.